The van der Waals surface area contributed by atoms with E-state index in [0.29, 0.717) is 45.4 Å². The smallest absolute Gasteiger partial charge is 0.311 e. The van der Waals surface area contributed by atoms with Gasteiger partial charge in [0.25, 0.3) is 0 Å². The summed E-state index contributed by atoms with van der Waals surface area (Å²) in [7, 11) is 3.80. The fraction of sp³-hybridized carbons (Fsp3) is 0.925. The zero-order valence-corrected chi connectivity index (χ0v) is 42.5. The lowest BCUT2D eigenvalue weighted by Crippen LogP contribution is -2.40. The molecule has 0 aliphatic heterocycles. The van der Waals surface area contributed by atoms with Crippen LogP contribution < -0.4 is 0 Å². The van der Waals surface area contributed by atoms with Crippen molar-refractivity contribution in [3.05, 3.63) is 0 Å². The van der Waals surface area contributed by atoms with Crippen LogP contribution in [0.4, 0.5) is 0 Å². The molecule has 0 bridgehead atoms. The summed E-state index contributed by atoms with van der Waals surface area (Å²) in [6.07, 6.45) is 30.9. The SMILES string of the molecule is CCCCCCCCC(CCCCCC)C(=O)OCCCCC(C)(C)C(=O)OCC(CN(C)C)OC(=O)C(C)(C)CCCCOC(=O)C(CCCCCC)CCCCCCCC. The monoisotopic (exact) mass is 880 g/mol. The van der Waals surface area contributed by atoms with E-state index in [4.69, 9.17) is 18.9 Å². The Bertz CT molecular complexity index is 1120. The number of carbonyl (C=O) groups is 4. The van der Waals surface area contributed by atoms with Gasteiger partial charge >= 0.3 is 23.9 Å². The molecular formula is C53H101NO8. The highest BCUT2D eigenvalue weighted by molar-refractivity contribution is 5.77. The second-order valence-electron chi connectivity index (χ2n) is 20.1. The minimum Gasteiger partial charge on any atom is -0.465 e. The summed E-state index contributed by atoms with van der Waals surface area (Å²) >= 11 is 0. The largest absolute Gasteiger partial charge is 0.465 e. The molecule has 0 amide bonds. The normalized spacial score (nSPS) is 13.5. The zero-order valence-electron chi connectivity index (χ0n) is 42.5. The third-order valence-electron chi connectivity index (χ3n) is 12.5. The topological polar surface area (TPSA) is 108 Å². The molecule has 0 heterocycles. The molecule has 0 spiro atoms. The van der Waals surface area contributed by atoms with Crippen LogP contribution in [0.5, 0.6) is 0 Å². The first-order chi connectivity index (χ1) is 29.6. The van der Waals surface area contributed by atoms with Crippen molar-refractivity contribution in [2.45, 2.75) is 254 Å². The van der Waals surface area contributed by atoms with Crippen LogP contribution in [0.2, 0.25) is 0 Å². The number of esters is 4. The summed E-state index contributed by atoms with van der Waals surface area (Å²) in [6, 6.07) is 0. The fourth-order valence-electron chi connectivity index (χ4n) is 8.07. The molecule has 0 rings (SSSR count). The van der Waals surface area contributed by atoms with E-state index >= 15 is 0 Å². The van der Waals surface area contributed by atoms with Gasteiger partial charge in [-0.1, -0.05) is 156 Å². The molecule has 0 N–H and O–H groups in total. The Morgan fingerprint density at radius 1 is 0.435 bits per heavy atom. The van der Waals surface area contributed by atoms with Crippen molar-refractivity contribution in [3.8, 4) is 0 Å². The average Bonchev–Trinajstić information content (AvgIpc) is 3.22. The van der Waals surface area contributed by atoms with Gasteiger partial charge in [0, 0.05) is 6.54 Å². The van der Waals surface area contributed by atoms with Crippen LogP contribution in [0.3, 0.4) is 0 Å². The van der Waals surface area contributed by atoms with Crippen LogP contribution in [0, 0.1) is 22.7 Å². The molecular weight excluding hydrogens is 779 g/mol. The standard InChI is InChI=1S/C53H101NO8/c1-11-15-19-23-25-29-37-45(35-27-21-17-13-3)48(55)59-41-33-31-39-52(5,6)50(57)61-44-47(43-54(9)10)62-51(58)53(7,8)40-32-34-42-60-49(56)46(36-28-22-18-14-4)38-30-26-24-20-16-12-2/h45-47H,11-44H2,1-10H3. The molecule has 3 unspecified atom stereocenters. The Hall–Kier alpha value is -2.16. The van der Waals surface area contributed by atoms with Crippen molar-refractivity contribution in [2.24, 2.45) is 22.7 Å². The van der Waals surface area contributed by atoms with Crippen LogP contribution in [0.15, 0.2) is 0 Å². The Morgan fingerprint density at radius 2 is 0.774 bits per heavy atom. The molecule has 9 heteroatoms. The highest BCUT2D eigenvalue weighted by Gasteiger charge is 2.34. The molecule has 9 nitrogen and oxygen atoms in total. The number of likely N-dealkylation sites (N-methyl/N-ethyl adjacent to an activating group) is 1. The Morgan fingerprint density at radius 3 is 1.15 bits per heavy atom. The Kier molecular flexibility index (Phi) is 36.8. The molecule has 0 aromatic heterocycles. The number of unbranched alkanes of at least 4 members (excludes halogenated alkanes) is 18. The molecule has 62 heavy (non-hydrogen) atoms. The first-order valence-electron chi connectivity index (χ1n) is 26.0. The number of hydrogen-bond donors (Lipinski definition) is 0. The maximum absolute atomic E-state index is 13.5. The van der Waals surface area contributed by atoms with E-state index in [2.05, 4.69) is 27.7 Å². The van der Waals surface area contributed by atoms with E-state index in [9.17, 15) is 19.2 Å². The van der Waals surface area contributed by atoms with Gasteiger partial charge in [-0.3, -0.25) is 19.2 Å². The predicted octanol–water partition coefficient (Wildman–Crippen LogP) is 14.2. The van der Waals surface area contributed by atoms with Gasteiger partial charge in [-0.05, 0) is 106 Å². The summed E-state index contributed by atoms with van der Waals surface area (Å²) in [5, 5.41) is 0. The van der Waals surface area contributed by atoms with Crippen molar-refractivity contribution in [3.63, 3.8) is 0 Å². The summed E-state index contributed by atoms with van der Waals surface area (Å²) < 4.78 is 23.3. The number of rotatable bonds is 43. The number of carbonyl (C=O) groups excluding carboxylic acids is 4. The zero-order chi connectivity index (χ0) is 46.5. The van der Waals surface area contributed by atoms with Crippen molar-refractivity contribution in [1.29, 1.82) is 0 Å². The van der Waals surface area contributed by atoms with E-state index < -0.39 is 16.9 Å². The first-order valence-corrected chi connectivity index (χ1v) is 26.0. The highest BCUT2D eigenvalue weighted by Crippen LogP contribution is 2.29. The van der Waals surface area contributed by atoms with Gasteiger partial charge in [-0.25, -0.2) is 0 Å². The van der Waals surface area contributed by atoms with E-state index in [-0.39, 0.29) is 42.3 Å². The predicted molar refractivity (Wildman–Crippen MR) is 257 cm³/mol. The van der Waals surface area contributed by atoms with Gasteiger partial charge in [0.05, 0.1) is 35.9 Å². The van der Waals surface area contributed by atoms with E-state index in [0.717, 1.165) is 70.6 Å². The summed E-state index contributed by atoms with van der Waals surface area (Å²) in [5.74, 6) is -0.810. The molecule has 0 aliphatic carbocycles. The summed E-state index contributed by atoms with van der Waals surface area (Å²) in [5.41, 5.74) is -1.48. The van der Waals surface area contributed by atoms with Gasteiger partial charge < -0.3 is 23.8 Å². The highest BCUT2D eigenvalue weighted by atomic mass is 16.6. The minimum absolute atomic E-state index is 0.0157. The maximum atomic E-state index is 13.5. The second-order valence-corrected chi connectivity index (χ2v) is 20.1. The number of nitrogens with zero attached hydrogens (tertiary/aromatic N) is 1. The number of hydrogen-bond acceptors (Lipinski definition) is 9. The third-order valence-corrected chi connectivity index (χ3v) is 12.5. The van der Waals surface area contributed by atoms with Gasteiger partial charge in [0.2, 0.25) is 0 Å². The first kappa shape index (κ1) is 59.8. The second kappa shape index (κ2) is 38.1. The fourth-order valence-corrected chi connectivity index (χ4v) is 8.07. The van der Waals surface area contributed by atoms with E-state index in [1.54, 1.807) is 0 Å². The van der Waals surface area contributed by atoms with Crippen molar-refractivity contribution < 1.29 is 38.1 Å². The van der Waals surface area contributed by atoms with Gasteiger partial charge in [-0.2, -0.15) is 0 Å². The summed E-state index contributed by atoms with van der Waals surface area (Å²) in [6.45, 7) is 17.5. The minimum atomic E-state index is -0.746. The van der Waals surface area contributed by atoms with Crippen LogP contribution in [-0.4, -0.2) is 75.3 Å². The van der Waals surface area contributed by atoms with Gasteiger partial charge in [-0.15, -0.1) is 0 Å². The van der Waals surface area contributed by atoms with Crippen molar-refractivity contribution in [1.82, 2.24) is 4.90 Å². The Labute approximate surface area is 383 Å². The van der Waals surface area contributed by atoms with Gasteiger partial charge in [0.1, 0.15) is 12.7 Å². The van der Waals surface area contributed by atoms with Crippen molar-refractivity contribution >= 4 is 23.9 Å². The van der Waals surface area contributed by atoms with Crippen LogP contribution >= 0.6 is 0 Å². The average molecular weight is 880 g/mol. The third kappa shape index (κ3) is 31.6. The van der Waals surface area contributed by atoms with Crippen molar-refractivity contribution in [2.75, 3.05) is 40.5 Å². The van der Waals surface area contributed by atoms with Crippen LogP contribution in [0.1, 0.15) is 248 Å². The quantitative estimate of drug-likeness (QED) is 0.0336. The number of ether oxygens (including phenoxy) is 4. The molecule has 0 fully saturated rings. The van der Waals surface area contributed by atoms with Gasteiger partial charge in [0.15, 0.2) is 0 Å². The molecule has 3 atom stereocenters. The van der Waals surface area contributed by atoms with E-state index in [1.165, 1.54) is 96.3 Å². The lowest BCUT2D eigenvalue weighted by molar-refractivity contribution is -0.171. The lowest BCUT2D eigenvalue weighted by atomic mass is 9.87. The maximum Gasteiger partial charge on any atom is 0.311 e. The molecule has 0 saturated carbocycles. The lowest BCUT2D eigenvalue weighted by Gasteiger charge is -2.29. The molecule has 0 radical (unpaired) electrons. The van der Waals surface area contributed by atoms with Crippen LogP contribution in [-0.2, 0) is 38.1 Å². The molecule has 0 saturated heterocycles. The summed E-state index contributed by atoms with van der Waals surface area (Å²) in [4.78, 5) is 54.8. The molecule has 0 aliphatic rings. The Balaban J connectivity index is 4.87. The molecule has 0 aromatic rings. The molecule has 0 aromatic carbocycles. The van der Waals surface area contributed by atoms with E-state index in [1.807, 2.05) is 46.7 Å². The van der Waals surface area contributed by atoms with Crippen LogP contribution in [0.25, 0.3) is 0 Å². The molecule has 366 valence electrons.